The van der Waals surface area contributed by atoms with Gasteiger partial charge in [-0.05, 0) is 19.3 Å². The number of ether oxygens (including phenoxy) is 3. The highest BCUT2D eigenvalue weighted by Crippen LogP contribution is 2.18. The maximum atomic E-state index is 12.7. The average molecular weight is 877 g/mol. The summed E-state index contributed by atoms with van der Waals surface area (Å²) in [5.74, 6) is -0.852. The molecule has 0 heterocycles. The van der Waals surface area contributed by atoms with Crippen molar-refractivity contribution < 1.29 is 28.6 Å². The summed E-state index contributed by atoms with van der Waals surface area (Å²) in [7, 11) is 0. The first-order valence-electron chi connectivity index (χ1n) is 28.0. The monoisotopic (exact) mass is 877 g/mol. The molecule has 0 saturated carbocycles. The summed E-state index contributed by atoms with van der Waals surface area (Å²) in [6, 6.07) is 0. The van der Waals surface area contributed by atoms with E-state index in [0.29, 0.717) is 19.3 Å². The predicted octanol–water partition coefficient (Wildman–Crippen LogP) is 18.4. The Morgan fingerprint density at radius 1 is 0.258 bits per heavy atom. The maximum Gasteiger partial charge on any atom is 0.306 e. The van der Waals surface area contributed by atoms with Crippen LogP contribution in [-0.4, -0.2) is 37.2 Å². The van der Waals surface area contributed by atoms with Gasteiger partial charge in [0.05, 0.1) is 0 Å². The maximum absolute atomic E-state index is 12.7. The summed E-state index contributed by atoms with van der Waals surface area (Å²) >= 11 is 0. The lowest BCUT2D eigenvalue weighted by atomic mass is 10.0. The van der Waals surface area contributed by atoms with Gasteiger partial charge in [-0.25, -0.2) is 0 Å². The van der Waals surface area contributed by atoms with Gasteiger partial charge in [0.15, 0.2) is 6.10 Å². The minimum absolute atomic E-state index is 0.0627. The largest absolute Gasteiger partial charge is 0.462 e. The van der Waals surface area contributed by atoms with E-state index in [1.54, 1.807) is 0 Å². The van der Waals surface area contributed by atoms with Crippen molar-refractivity contribution in [2.75, 3.05) is 13.2 Å². The zero-order chi connectivity index (χ0) is 45.1. The minimum Gasteiger partial charge on any atom is -0.462 e. The molecule has 0 bridgehead atoms. The molecule has 0 aromatic heterocycles. The topological polar surface area (TPSA) is 78.9 Å². The van der Waals surface area contributed by atoms with Crippen LogP contribution in [0.4, 0.5) is 0 Å². The number of carbonyl (C=O) groups is 3. The van der Waals surface area contributed by atoms with E-state index in [2.05, 4.69) is 20.8 Å². The van der Waals surface area contributed by atoms with Crippen LogP contribution in [-0.2, 0) is 28.6 Å². The van der Waals surface area contributed by atoms with E-state index in [0.717, 1.165) is 57.8 Å². The Morgan fingerprint density at radius 3 is 0.645 bits per heavy atom. The molecule has 0 aromatic rings. The molecule has 0 aromatic carbocycles. The summed E-state index contributed by atoms with van der Waals surface area (Å²) in [6.45, 7) is 6.63. The zero-order valence-corrected chi connectivity index (χ0v) is 42.2. The Hall–Kier alpha value is -1.59. The van der Waals surface area contributed by atoms with Crippen LogP contribution >= 0.6 is 0 Å². The summed E-state index contributed by atoms with van der Waals surface area (Å²) in [5, 5.41) is 0. The summed E-state index contributed by atoms with van der Waals surface area (Å²) in [6.07, 6.45) is 57.1. The van der Waals surface area contributed by atoms with E-state index < -0.39 is 6.10 Å². The molecular formula is C56H108O6. The summed E-state index contributed by atoms with van der Waals surface area (Å²) in [5.41, 5.74) is 0. The summed E-state index contributed by atoms with van der Waals surface area (Å²) < 4.78 is 16.7. The van der Waals surface area contributed by atoms with Gasteiger partial charge in [0.1, 0.15) is 13.2 Å². The van der Waals surface area contributed by atoms with E-state index in [-0.39, 0.29) is 31.1 Å². The van der Waals surface area contributed by atoms with Crippen molar-refractivity contribution >= 4 is 17.9 Å². The summed E-state index contributed by atoms with van der Waals surface area (Å²) in [4.78, 5) is 37.7. The van der Waals surface area contributed by atoms with Crippen molar-refractivity contribution in [3.63, 3.8) is 0 Å². The van der Waals surface area contributed by atoms with E-state index in [9.17, 15) is 14.4 Å². The highest BCUT2D eigenvalue weighted by atomic mass is 16.6. The fourth-order valence-corrected chi connectivity index (χ4v) is 8.62. The van der Waals surface area contributed by atoms with Crippen molar-refractivity contribution in [1.29, 1.82) is 0 Å². The number of hydrogen-bond acceptors (Lipinski definition) is 6. The Labute approximate surface area is 387 Å². The van der Waals surface area contributed by atoms with E-state index in [4.69, 9.17) is 14.2 Å². The normalized spacial score (nSPS) is 11.9. The van der Waals surface area contributed by atoms with Crippen LogP contribution in [0.25, 0.3) is 0 Å². The molecule has 0 saturated heterocycles. The third-order valence-electron chi connectivity index (χ3n) is 12.9. The smallest absolute Gasteiger partial charge is 0.306 e. The van der Waals surface area contributed by atoms with E-state index in [1.165, 1.54) is 225 Å². The molecule has 368 valence electrons. The van der Waals surface area contributed by atoms with Crippen LogP contribution in [0.1, 0.15) is 323 Å². The number of hydrogen-bond donors (Lipinski definition) is 0. The first kappa shape index (κ1) is 60.4. The van der Waals surface area contributed by atoms with Crippen LogP contribution in [0, 0.1) is 0 Å². The first-order chi connectivity index (χ1) is 30.5. The number of esters is 3. The zero-order valence-electron chi connectivity index (χ0n) is 42.2. The van der Waals surface area contributed by atoms with Crippen LogP contribution in [0.3, 0.4) is 0 Å². The fraction of sp³-hybridized carbons (Fsp3) is 0.946. The van der Waals surface area contributed by atoms with Gasteiger partial charge in [-0.1, -0.05) is 284 Å². The van der Waals surface area contributed by atoms with Crippen molar-refractivity contribution in [3.05, 3.63) is 0 Å². The third-order valence-corrected chi connectivity index (χ3v) is 12.9. The molecule has 0 aliphatic carbocycles. The van der Waals surface area contributed by atoms with Crippen LogP contribution < -0.4 is 0 Å². The lowest BCUT2D eigenvalue weighted by molar-refractivity contribution is -0.167. The van der Waals surface area contributed by atoms with Gasteiger partial charge >= 0.3 is 17.9 Å². The van der Waals surface area contributed by atoms with Crippen molar-refractivity contribution in [3.8, 4) is 0 Å². The van der Waals surface area contributed by atoms with Gasteiger partial charge in [-0.2, -0.15) is 0 Å². The molecule has 62 heavy (non-hydrogen) atoms. The second-order valence-electron chi connectivity index (χ2n) is 19.2. The SMILES string of the molecule is CCCCCCCCCCCCCCCCCCCCCCCCCCCCC(=O)OCC(COC(=O)CCCCCCCC)OC(=O)CCCCCCCCCCCCCC. The Kier molecular flexibility index (Phi) is 50.7. The van der Waals surface area contributed by atoms with Gasteiger partial charge in [0.25, 0.3) is 0 Å². The molecule has 0 N–H and O–H groups in total. The lowest BCUT2D eigenvalue weighted by Crippen LogP contribution is -2.30. The quantitative estimate of drug-likeness (QED) is 0.0344. The molecule has 0 amide bonds. The van der Waals surface area contributed by atoms with E-state index in [1.807, 2.05) is 0 Å². The Balaban J connectivity index is 3.97. The van der Waals surface area contributed by atoms with Crippen LogP contribution in [0.2, 0.25) is 0 Å². The molecule has 0 radical (unpaired) electrons. The van der Waals surface area contributed by atoms with Gasteiger partial charge < -0.3 is 14.2 Å². The number of carbonyl (C=O) groups excluding carboxylic acids is 3. The molecule has 0 rings (SSSR count). The highest BCUT2D eigenvalue weighted by Gasteiger charge is 2.19. The van der Waals surface area contributed by atoms with Crippen LogP contribution in [0.5, 0.6) is 0 Å². The van der Waals surface area contributed by atoms with Crippen molar-refractivity contribution in [1.82, 2.24) is 0 Å². The molecule has 6 heteroatoms. The fourth-order valence-electron chi connectivity index (χ4n) is 8.62. The Bertz CT molecular complexity index is 920. The first-order valence-corrected chi connectivity index (χ1v) is 28.0. The van der Waals surface area contributed by atoms with Crippen molar-refractivity contribution in [2.24, 2.45) is 0 Å². The third kappa shape index (κ3) is 49.4. The highest BCUT2D eigenvalue weighted by molar-refractivity contribution is 5.71. The van der Waals surface area contributed by atoms with Gasteiger partial charge in [-0.15, -0.1) is 0 Å². The second kappa shape index (κ2) is 52.0. The van der Waals surface area contributed by atoms with Gasteiger partial charge in [-0.3, -0.25) is 14.4 Å². The number of unbranched alkanes of at least 4 members (excludes halogenated alkanes) is 41. The molecule has 0 fully saturated rings. The minimum atomic E-state index is -0.758. The Morgan fingerprint density at radius 2 is 0.435 bits per heavy atom. The number of rotatable bonds is 52. The molecule has 0 aliphatic rings. The molecule has 1 unspecified atom stereocenters. The average Bonchev–Trinajstić information content (AvgIpc) is 3.27. The second-order valence-corrected chi connectivity index (χ2v) is 19.2. The predicted molar refractivity (Wildman–Crippen MR) is 266 cm³/mol. The van der Waals surface area contributed by atoms with Gasteiger partial charge in [0, 0.05) is 19.3 Å². The molecule has 6 nitrogen and oxygen atoms in total. The molecule has 0 spiro atoms. The molecular weight excluding hydrogens is 769 g/mol. The van der Waals surface area contributed by atoms with Gasteiger partial charge in [0.2, 0.25) is 0 Å². The lowest BCUT2D eigenvalue weighted by Gasteiger charge is -2.18. The van der Waals surface area contributed by atoms with Crippen LogP contribution in [0.15, 0.2) is 0 Å². The molecule has 0 aliphatic heterocycles. The van der Waals surface area contributed by atoms with E-state index >= 15 is 0 Å². The van der Waals surface area contributed by atoms with Crippen molar-refractivity contribution in [2.45, 2.75) is 329 Å². The molecule has 1 atom stereocenters. The standard InChI is InChI=1S/C56H108O6/c1-4-7-10-13-16-18-20-22-23-24-25-26-27-28-29-30-31-32-33-34-35-37-38-40-43-46-49-55(58)61-52-53(51-60-54(57)48-45-42-15-12-9-6-3)62-56(59)50-47-44-41-39-36-21-19-17-14-11-8-5-2/h53H,4-52H2,1-3H3.